The quantitative estimate of drug-likeness (QED) is 0.0875. The summed E-state index contributed by atoms with van der Waals surface area (Å²) in [6.45, 7) is 2.42. The summed E-state index contributed by atoms with van der Waals surface area (Å²) in [6.07, 6.45) is -2.72. The number of hydrogen-bond acceptors (Lipinski definition) is 6. The molecule has 0 saturated heterocycles. The van der Waals surface area contributed by atoms with E-state index >= 15 is 8.78 Å². The Hall–Kier alpha value is -5.10. The fourth-order valence-electron chi connectivity index (χ4n) is 5.83. The van der Waals surface area contributed by atoms with Gasteiger partial charge in [0.1, 0.15) is 11.4 Å². The fraction of sp³-hybridized carbons (Fsp3) is 0.324. The molecule has 0 radical (unpaired) electrons. The van der Waals surface area contributed by atoms with Crippen LogP contribution in [0.4, 0.5) is 40.8 Å². The third-order valence-corrected chi connectivity index (χ3v) is 10.7. The zero-order chi connectivity index (χ0) is 40.8. The molecular weight excluding hydrogens is 766 g/mol. The van der Waals surface area contributed by atoms with Crippen LogP contribution in [-0.2, 0) is 39.5 Å². The molecule has 18 heteroatoms. The van der Waals surface area contributed by atoms with Gasteiger partial charge in [-0.15, -0.1) is 0 Å². The SMILES string of the molecule is COc1cc(C(=O)O)ccc1N(Cc1cc(C2CC2)cc(C(C)(C)C)c1)C(=O)CN(Cc1cccnc1C(F)(F)F)S(=O)(=O)c1c(F)c(F)c(F)c(F)c1F. The molecule has 0 spiro atoms. The number of methoxy groups -OCH3 is 1. The summed E-state index contributed by atoms with van der Waals surface area (Å²) in [5.74, 6) is -16.3. The van der Waals surface area contributed by atoms with E-state index in [1.807, 2.05) is 26.8 Å². The van der Waals surface area contributed by atoms with Crippen LogP contribution in [0, 0.1) is 29.1 Å². The third-order valence-electron chi connectivity index (χ3n) is 8.87. The number of sulfonamides is 1. The zero-order valence-electron chi connectivity index (χ0n) is 29.6. The maximum Gasteiger partial charge on any atom is 0.433 e. The van der Waals surface area contributed by atoms with E-state index in [9.17, 15) is 49.5 Å². The average molecular weight is 800 g/mol. The molecular formula is C37H33F8N3O6S. The number of aromatic carboxylic acids is 1. The first-order valence-corrected chi connectivity index (χ1v) is 17.9. The second-order valence-corrected chi connectivity index (χ2v) is 15.7. The van der Waals surface area contributed by atoms with Gasteiger partial charge < -0.3 is 14.7 Å². The van der Waals surface area contributed by atoms with Crippen molar-refractivity contribution < 1.29 is 63.0 Å². The summed E-state index contributed by atoms with van der Waals surface area (Å²) in [5.41, 5.74) is -1.19. The summed E-state index contributed by atoms with van der Waals surface area (Å²) in [5, 5.41) is 9.58. The molecule has 1 fully saturated rings. The number of ether oxygens (including phenoxy) is 1. The van der Waals surface area contributed by atoms with Crippen molar-refractivity contribution in [2.45, 2.75) is 69.1 Å². The van der Waals surface area contributed by atoms with Gasteiger partial charge in [-0.25, -0.2) is 35.2 Å². The van der Waals surface area contributed by atoms with Gasteiger partial charge in [-0.1, -0.05) is 45.0 Å². The molecule has 3 aromatic carbocycles. The van der Waals surface area contributed by atoms with E-state index in [0.717, 1.165) is 72.5 Å². The van der Waals surface area contributed by atoms with Crippen molar-refractivity contribution in [3.05, 3.63) is 117 Å². The van der Waals surface area contributed by atoms with Crippen molar-refractivity contribution >= 4 is 27.6 Å². The van der Waals surface area contributed by atoms with Crippen LogP contribution in [0.3, 0.4) is 0 Å². The van der Waals surface area contributed by atoms with Crippen molar-refractivity contribution in [1.82, 2.24) is 9.29 Å². The number of carbonyl (C=O) groups excluding carboxylic acids is 1. The van der Waals surface area contributed by atoms with Gasteiger partial charge in [-0.3, -0.25) is 9.78 Å². The number of aromatic nitrogens is 1. The van der Waals surface area contributed by atoms with Crippen molar-refractivity contribution in [3.63, 3.8) is 0 Å². The van der Waals surface area contributed by atoms with Crippen LogP contribution in [0.2, 0.25) is 0 Å². The Morgan fingerprint density at radius 1 is 0.891 bits per heavy atom. The lowest BCUT2D eigenvalue weighted by Gasteiger charge is -2.30. The van der Waals surface area contributed by atoms with Crippen LogP contribution in [0.25, 0.3) is 0 Å². The lowest BCUT2D eigenvalue weighted by Crippen LogP contribution is -2.43. The van der Waals surface area contributed by atoms with Gasteiger partial charge in [0.2, 0.25) is 21.7 Å². The van der Waals surface area contributed by atoms with Gasteiger partial charge in [0.25, 0.3) is 0 Å². The minimum absolute atomic E-state index is 0.155. The first-order chi connectivity index (χ1) is 25.6. The number of halogens is 8. The van der Waals surface area contributed by atoms with E-state index in [-0.39, 0.29) is 33.8 Å². The topological polar surface area (TPSA) is 117 Å². The zero-order valence-corrected chi connectivity index (χ0v) is 30.4. The highest BCUT2D eigenvalue weighted by molar-refractivity contribution is 7.89. The monoisotopic (exact) mass is 799 g/mol. The molecule has 1 aliphatic carbocycles. The molecule has 5 rings (SSSR count). The molecule has 1 amide bonds. The predicted octanol–water partition coefficient (Wildman–Crippen LogP) is 8.10. The lowest BCUT2D eigenvalue weighted by atomic mass is 9.84. The number of carbonyl (C=O) groups is 2. The highest BCUT2D eigenvalue weighted by Crippen LogP contribution is 2.42. The first-order valence-electron chi connectivity index (χ1n) is 16.4. The molecule has 0 aliphatic heterocycles. The summed E-state index contributed by atoms with van der Waals surface area (Å²) in [6, 6.07) is 10.6. The van der Waals surface area contributed by atoms with Crippen molar-refractivity contribution in [1.29, 1.82) is 0 Å². The van der Waals surface area contributed by atoms with E-state index in [2.05, 4.69) is 4.98 Å². The van der Waals surface area contributed by atoms with Crippen LogP contribution < -0.4 is 9.64 Å². The predicted molar refractivity (Wildman–Crippen MR) is 181 cm³/mol. The Labute approximate surface area is 310 Å². The summed E-state index contributed by atoms with van der Waals surface area (Å²) < 4.78 is 148. The van der Waals surface area contributed by atoms with Gasteiger partial charge >= 0.3 is 12.1 Å². The van der Waals surface area contributed by atoms with E-state index < -0.39 is 91.8 Å². The van der Waals surface area contributed by atoms with Gasteiger partial charge in [-0.05, 0) is 70.7 Å². The van der Waals surface area contributed by atoms with Crippen LogP contribution in [0.15, 0.2) is 59.6 Å². The highest BCUT2D eigenvalue weighted by Gasteiger charge is 2.41. The second kappa shape index (κ2) is 15.2. The van der Waals surface area contributed by atoms with E-state index in [1.165, 1.54) is 0 Å². The molecule has 294 valence electrons. The number of anilines is 1. The average Bonchev–Trinajstić information content (AvgIpc) is 3.97. The number of carboxylic acid groups (broad SMARTS) is 1. The molecule has 0 bridgehead atoms. The molecule has 0 unspecified atom stereocenters. The second-order valence-electron chi connectivity index (χ2n) is 13.8. The first kappa shape index (κ1) is 41.1. The smallest absolute Gasteiger partial charge is 0.433 e. The number of hydrogen-bond donors (Lipinski definition) is 1. The van der Waals surface area contributed by atoms with E-state index in [1.54, 1.807) is 12.1 Å². The van der Waals surface area contributed by atoms with Crippen LogP contribution in [-0.4, -0.2) is 48.3 Å². The summed E-state index contributed by atoms with van der Waals surface area (Å²) in [4.78, 5) is 28.0. The van der Waals surface area contributed by atoms with Crippen molar-refractivity contribution in [3.8, 4) is 5.75 Å². The van der Waals surface area contributed by atoms with Crippen LogP contribution in [0.1, 0.15) is 77.8 Å². The Morgan fingerprint density at radius 3 is 2.05 bits per heavy atom. The number of carboxylic acids is 1. The van der Waals surface area contributed by atoms with Crippen molar-refractivity contribution in [2.24, 2.45) is 0 Å². The number of benzene rings is 3. The summed E-state index contributed by atoms with van der Waals surface area (Å²) in [7, 11) is -4.91. The number of rotatable bonds is 12. The maximum absolute atomic E-state index is 15.1. The molecule has 9 nitrogen and oxygen atoms in total. The standard InChI is InChI=1S/C37H33F8N3O6S/c1-36(2,3)24-13-19(12-23(14-24)20-7-8-20)16-48(25-10-9-21(35(50)51)15-26(25)54-4)27(49)18-47(17-22-6-5-11-46-34(22)37(43,44)45)55(52,53)33-31(41)29(39)28(38)30(40)32(33)42/h5-6,9-15,20H,7-8,16-18H2,1-4H3,(H,50,51). The molecule has 1 heterocycles. The van der Waals surface area contributed by atoms with Gasteiger partial charge in [0.15, 0.2) is 28.2 Å². The van der Waals surface area contributed by atoms with Crippen LogP contribution in [0.5, 0.6) is 5.75 Å². The van der Waals surface area contributed by atoms with Gasteiger partial charge in [0.05, 0.1) is 31.5 Å². The molecule has 1 N–H and O–H groups in total. The van der Waals surface area contributed by atoms with Crippen LogP contribution >= 0.6 is 0 Å². The van der Waals surface area contributed by atoms with E-state index in [0.29, 0.717) is 5.56 Å². The minimum atomic E-state index is -6.05. The normalized spacial score (nSPS) is 13.6. The Morgan fingerprint density at radius 2 is 1.51 bits per heavy atom. The molecule has 1 saturated carbocycles. The van der Waals surface area contributed by atoms with Gasteiger partial charge in [-0.2, -0.15) is 17.5 Å². The number of amides is 1. The molecule has 1 aromatic heterocycles. The van der Waals surface area contributed by atoms with E-state index in [4.69, 9.17) is 4.74 Å². The Bertz CT molecular complexity index is 2250. The molecule has 4 aromatic rings. The Kier molecular flexibility index (Phi) is 11.4. The molecule has 55 heavy (non-hydrogen) atoms. The van der Waals surface area contributed by atoms with Crippen molar-refractivity contribution in [2.75, 3.05) is 18.6 Å². The number of alkyl halides is 3. The lowest BCUT2D eigenvalue weighted by molar-refractivity contribution is -0.142. The highest BCUT2D eigenvalue weighted by atomic mass is 32.2. The molecule has 1 aliphatic rings. The van der Waals surface area contributed by atoms with Gasteiger partial charge in [0, 0.05) is 12.7 Å². The number of nitrogens with zero attached hydrogens (tertiary/aromatic N) is 3. The third kappa shape index (κ3) is 8.59. The maximum atomic E-state index is 15.1. The number of pyridine rings is 1. The minimum Gasteiger partial charge on any atom is -0.495 e. The fourth-order valence-corrected chi connectivity index (χ4v) is 7.31. The Balaban J connectivity index is 1.70. The summed E-state index contributed by atoms with van der Waals surface area (Å²) >= 11 is 0. The largest absolute Gasteiger partial charge is 0.495 e. The molecule has 0 atom stereocenters.